The Kier molecular flexibility index (Phi) is 25.2. The third-order valence-electron chi connectivity index (χ3n) is 22.1. The lowest BCUT2D eigenvalue weighted by atomic mass is 10.0. The van der Waals surface area contributed by atoms with Crippen LogP contribution in [0.2, 0.25) is 0 Å². The molecule has 11 nitrogen and oxygen atoms in total. The Balaban J connectivity index is 0.000000137. The van der Waals surface area contributed by atoms with Crippen LogP contribution >= 0.6 is 0 Å². The number of hydrogen-bond donors (Lipinski definition) is 0. The highest BCUT2D eigenvalue weighted by molar-refractivity contribution is 5.86. The first-order valence-corrected chi connectivity index (χ1v) is 41.1. The lowest BCUT2D eigenvalue weighted by Crippen LogP contribution is -2.12. The topological polar surface area (TPSA) is 110 Å². The van der Waals surface area contributed by atoms with Crippen LogP contribution in [0, 0.1) is 32.8 Å². The highest BCUT2D eigenvalue weighted by atomic mass is 16.6. The monoisotopic (exact) mass is 1600 g/mol. The smallest absolute Gasteiger partial charge is 0.271 e. The van der Waals surface area contributed by atoms with Crippen LogP contribution in [0.15, 0.2) is 473 Å². The second kappa shape index (κ2) is 38.7. The number of nitro benzene ring substituents is 1. The van der Waals surface area contributed by atoms with Gasteiger partial charge in [-0.15, -0.1) is 0 Å². The SMILES string of the molecule is CN(c1ccc(C#N)cc1)c1ccc(N(c2ccc(-c3ccccc3)cc2)c2ccc(-c3ccccc3)cc2)cc1.CN(c1ccc(N(c2ccc(-c3ccccc3)cc2)c2ccc(-c3ccccc3)cc2)cc1)c1cccc(C#N)c1.CN(c1ccc(N(c2ccc(-c3ccccc3)cc2)c2ccc(-c3ccccc3)cc2)cc1)c1cccc([N+](=O)[O-])c1. The first kappa shape index (κ1) is 80.9. The summed E-state index contributed by atoms with van der Waals surface area (Å²) in [6, 6.07) is 166. The number of rotatable bonds is 22. The maximum absolute atomic E-state index is 11.3. The van der Waals surface area contributed by atoms with Gasteiger partial charge in [0.15, 0.2) is 0 Å². The van der Waals surface area contributed by atoms with Crippen LogP contribution in [0.25, 0.3) is 66.8 Å². The minimum atomic E-state index is -0.371. The van der Waals surface area contributed by atoms with Crippen LogP contribution in [0.1, 0.15) is 11.1 Å². The zero-order valence-electron chi connectivity index (χ0n) is 68.9. The number of benzene rings is 18. The molecular weight excluding hydrogens is 1520 g/mol. The zero-order chi connectivity index (χ0) is 84.9. The average molecular weight is 1600 g/mol. The summed E-state index contributed by atoms with van der Waals surface area (Å²) in [5, 5.41) is 29.7. The van der Waals surface area contributed by atoms with Crippen molar-refractivity contribution < 1.29 is 4.92 Å². The molecule has 0 saturated carbocycles. The van der Waals surface area contributed by atoms with Gasteiger partial charge in [0.2, 0.25) is 0 Å². The molecule has 0 saturated heterocycles. The van der Waals surface area contributed by atoms with Gasteiger partial charge in [-0.3, -0.25) is 10.1 Å². The summed E-state index contributed by atoms with van der Waals surface area (Å²) < 4.78 is 0. The third-order valence-corrected chi connectivity index (χ3v) is 22.1. The Bertz CT molecular complexity index is 6360. The summed E-state index contributed by atoms with van der Waals surface area (Å²) in [6.07, 6.45) is 0. The van der Waals surface area contributed by atoms with Gasteiger partial charge in [-0.2, -0.15) is 10.5 Å². The fourth-order valence-corrected chi connectivity index (χ4v) is 15.2. The van der Waals surface area contributed by atoms with E-state index in [9.17, 15) is 15.4 Å². The average Bonchev–Trinajstić information content (AvgIpc) is 0.799. The van der Waals surface area contributed by atoms with Crippen LogP contribution in [0.5, 0.6) is 0 Å². The van der Waals surface area contributed by atoms with Crippen molar-refractivity contribution in [1.82, 2.24) is 0 Å². The number of nitriles is 2. The van der Waals surface area contributed by atoms with Crippen LogP contribution in [0.4, 0.5) is 91.0 Å². The van der Waals surface area contributed by atoms with E-state index in [4.69, 9.17) is 5.26 Å². The van der Waals surface area contributed by atoms with Gasteiger partial charge in [-0.1, -0.05) is 267 Å². The highest BCUT2D eigenvalue weighted by Gasteiger charge is 2.20. The van der Waals surface area contributed by atoms with Crippen LogP contribution in [-0.2, 0) is 0 Å². The van der Waals surface area contributed by atoms with Crippen molar-refractivity contribution in [2.75, 3.05) is 50.5 Å². The minimum Gasteiger partial charge on any atom is -0.345 e. The molecule has 0 radical (unpaired) electrons. The Morgan fingerprint density at radius 1 is 0.194 bits per heavy atom. The van der Waals surface area contributed by atoms with Gasteiger partial charge in [0.05, 0.1) is 28.2 Å². The van der Waals surface area contributed by atoms with E-state index in [1.54, 1.807) is 12.1 Å². The summed E-state index contributed by atoms with van der Waals surface area (Å²) in [7, 11) is 5.98. The lowest BCUT2D eigenvalue weighted by molar-refractivity contribution is -0.384. The molecule has 11 heteroatoms. The van der Waals surface area contributed by atoms with E-state index in [0.29, 0.717) is 11.1 Å². The predicted molar refractivity (Wildman–Crippen MR) is 516 cm³/mol. The quantitative estimate of drug-likeness (QED) is 0.0480. The molecule has 0 spiro atoms. The van der Waals surface area contributed by atoms with Gasteiger partial charge >= 0.3 is 0 Å². The molecule has 596 valence electrons. The van der Waals surface area contributed by atoms with Gasteiger partial charge < -0.3 is 29.4 Å². The number of nitro groups is 1. The molecule has 0 aromatic heterocycles. The van der Waals surface area contributed by atoms with Crippen LogP contribution in [0.3, 0.4) is 0 Å². The van der Waals surface area contributed by atoms with Gasteiger partial charge in [0, 0.05) is 119 Å². The molecule has 0 N–H and O–H groups in total. The van der Waals surface area contributed by atoms with E-state index < -0.39 is 0 Å². The van der Waals surface area contributed by atoms with Gasteiger partial charge in [-0.05, 0) is 261 Å². The summed E-state index contributed by atoms with van der Waals surface area (Å²) in [4.78, 5) is 23.9. The standard InChI is InChI=1S/2C38H29N3.C37H29N3O2/c1-40(38-14-8-9-29(27-38)28-39)34-23-25-37(26-24-34)41(35-19-15-32(16-20-35)30-10-4-2-5-11-30)36-21-17-33(18-22-36)31-12-6-3-7-13-31;1-40(34-18-12-29(28-39)13-19-34)35-24-26-38(27-25-35)41(36-20-14-32(15-21-36)30-8-4-2-5-9-30)37-22-16-33(17-23-37)31-10-6-3-7-11-31;1-38(36-13-8-14-37(27-36)40(41)42)32-23-25-35(26-24-32)39(33-19-15-30(16-20-33)28-9-4-2-5-10-28)34-21-17-31(18-22-34)29-11-6-3-7-12-29/h2*2-27H,1H3;2-27H,1H3. The Morgan fingerprint density at radius 2 is 0.379 bits per heavy atom. The summed E-state index contributed by atoms with van der Waals surface area (Å²) in [6.45, 7) is 0. The predicted octanol–water partition coefficient (Wildman–Crippen LogP) is 30.4. The molecular formula is C113H87N9O2. The number of nitrogens with zero attached hydrogens (tertiary/aromatic N) is 9. The first-order valence-electron chi connectivity index (χ1n) is 41.1. The number of non-ortho nitro benzene ring substituents is 1. The molecule has 18 rings (SSSR count). The normalized spacial score (nSPS) is 10.6. The highest BCUT2D eigenvalue weighted by Crippen LogP contribution is 2.43. The second-order valence-electron chi connectivity index (χ2n) is 29.8. The fourth-order valence-electron chi connectivity index (χ4n) is 15.2. The second-order valence-corrected chi connectivity index (χ2v) is 29.8. The van der Waals surface area contributed by atoms with Crippen molar-refractivity contribution in [2.45, 2.75) is 0 Å². The molecule has 0 atom stereocenters. The Morgan fingerprint density at radius 3 is 0.605 bits per heavy atom. The third kappa shape index (κ3) is 19.3. The Hall–Kier alpha value is -16.9. The molecule has 0 amide bonds. The molecule has 18 aromatic rings. The summed E-state index contributed by atoms with van der Waals surface area (Å²) in [5.74, 6) is 0. The fraction of sp³-hybridized carbons (Fsp3) is 0.0265. The largest absolute Gasteiger partial charge is 0.345 e. The molecule has 0 aliphatic heterocycles. The molecule has 124 heavy (non-hydrogen) atoms. The number of hydrogen-bond acceptors (Lipinski definition) is 10. The minimum absolute atomic E-state index is 0.0695. The van der Waals surface area contributed by atoms with E-state index in [0.717, 1.165) is 96.4 Å². The summed E-state index contributed by atoms with van der Waals surface area (Å²) in [5.41, 5.74) is 31.0. The van der Waals surface area contributed by atoms with Crippen molar-refractivity contribution in [1.29, 1.82) is 10.5 Å². The number of anilines is 15. The molecule has 0 unspecified atom stereocenters. The lowest BCUT2D eigenvalue weighted by Gasteiger charge is -2.27. The van der Waals surface area contributed by atoms with Crippen molar-refractivity contribution >= 4 is 91.0 Å². The first-order chi connectivity index (χ1) is 60.9. The van der Waals surface area contributed by atoms with E-state index >= 15 is 0 Å². The van der Waals surface area contributed by atoms with Crippen LogP contribution in [-0.4, -0.2) is 26.1 Å². The van der Waals surface area contributed by atoms with E-state index in [2.05, 4.69) is 388 Å². The Labute approximate surface area is 725 Å². The van der Waals surface area contributed by atoms with Crippen molar-refractivity contribution in [2.24, 2.45) is 0 Å². The van der Waals surface area contributed by atoms with Crippen molar-refractivity contribution in [3.05, 3.63) is 494 Å². The van der Waals surface area contributed by atoms with Crippen molar-refractivity contribution in [3.8, 4) is 78.9 Å². The van der Waals surface area contributed by atoms with E-state index in [-0.39, 0.29) is 10.6 Å². The van der Waals surface area contributed by atoms with E-state index in [1.165, 1.54) is 61.7 Å². The van der Waals surface area contributed by atoms with Gasteiger partial charge in [0.25, 0.3) is 5.69 Å². The van der Waals surface area contributed by atoms with Crippen molar-refractivity contribution in [3.63, 3.8) is 0 Å². The molecule has 0 fully saturated rings. The van der Waals surface area contributed by atoms with Crippen LogP contribution < -0.4 is 29.4 Å². The maximum Gasteiger partial charge on any atom is 0.271 e. The van der Waals surface area contributed by atoms with Gasteiger partial charge in [-0.25, -0.2) is 0 Å². The van der Waals surface area contributed by atoms with Gasteiger partial charge in [0.1, 0.15) is 0 Å². The molecule has 0 aliphatic rings. The molecule has 0 bridgehead atoms. The maximum atomic E-state index is 11.3. The molecule has 0 aliphatic carbocycles. The van der Waals surface area contributed by atoms with E-state index in [1.807, 2.05) is 129 Å². The zero-order valence-corrected chi connectivity index (χ0v) is 68.9. The molecule has 18 aromatic carbocycles. The molecule has 0 heterocycles. The summed E-state index contributed by atoms with van der Waals surface area (Å²) >= 11 is 0.